The van der Waals surface area contributed by atoms with Crippen LogP contribution in [0.3, 0.4) is 0 Å². The molecule has 3 N–H and O–H groups in total. The lowest BCUT2D eigenvalue weighted by Crippen LogP contribution is -2.47. The van der Waals surface area contributed by atoms with E-state index in [0.29, 0.717) is 12.3 Å². The number of hydrogen-bond donors (Lipinski definition) is 2. The average Bonchev–Trinajstić information content (AvgIpc) is 2.35. The minimum Gasteiger partial charge on any atom is -0.508 e. The standard InChI is InChI=1S/C13H21N3O/c1-15-6-8-16(9-7-15)13(10-14)11-2-4-12(17)5-3-11/h2-5,13,17H,6-10,14H2,1H3. The number of hydrogen-bond acceptors (Lipinski definition) is 4. The van der Waals surface area contributed by atoms with E-state index in [2.05, 4.69) is 16.8 Å². The Labute approximate surface area is 103 Å². The molecule has 1 aromatic rings. The summed E-state index contributed by atoms with van der Waals surface area (Å²) < 4.78 is 0. The van der Waals surface area contributed by atoms with Gasteiger partial charge in [0, 0.05) is 38.8 Å². The van der Waals surface area contributed by atoms with Crippen LogP contribution in [0.15, 0.2) is 24.3 Å². The molecular weight excluding hydrogens is 214 g/mol. The van der Waals surface area contributed by atoms with Gasteiger partial charge in [-0.15, -0.1) is 0 Å². The number of nitrogens with two attached hydrogens (primary N) is 1. The highest BCUT2D eigenvalue weighted by atomic mass is 16.3. The summed E-state index contributed by atoms with van der Waals surface area (Å²) in [7, 11) is 2.15. The lowest BCUT2D eigenvalue weighted by molar-refractivity contribution is 0.114. The largest absolute Gasteiger partial charge is 0.508 e. The fourth-order valence-corrected chi connectivity index (χ4v) is 2.33. The van der Waals surface area contributed by atoms with E-state index in [0.717, 1.165) is 26.2 Å². The number of piperazine rings is 1. The molecule has 1 heterocycles. The average molecular weight is 235 g/mol. The summed E-state index contributed by atoms with van der Waals surface area (Å²) in [5, 5.41) is 9.30. The molecule has 2 rings (SSSR count). The van der Waals surface area contributed by atoms with Gasteiger partial charge in [0.1, 0.15) is 5.75 Å². The maximum atomic E-state index is 9.30. The smallest absolute Gasteiger partial charge is 0.115 e. The van der Waals surface area contributed by atoms with Gasteiger partial charge in [-0.3, -0.25) is 4.90 Å². The highest BCUT2D eigenvalue weighted by Gasteiger charge is 2.22. The summed E-state index contributed by atoms with van der Waals surface area (Å²) in [6.07, 6.45) is 0. The van der Waals surface area contributed by atoms with E-state index in [1.54, 1.807) is 12.1 Å². The van der Waals surface area contributed by atoms with Crippen LogP contribution in [0.4, 0.5) is 0 Å². The molecule has 0 aromatic heterocycles. The quantitative estimate of drug-likeness (QED) is 0.807. The van der Waals surface area contributed by atoms with E-state index in [9.17, 15) is 5.11 Å². The third kappa shape index (κ3) is 2.97. The van der Waals surface area contributed by atoms with E-state index in [4.69, 9.17) is 5.73 Å². The fourth-order valence-electron chi connectivity index (χ4n) is 2.33. The third-order valence-electron chi connectivity index (χ3n) is 3.48. The number of likely N-dealkylation sites (N-methyl/N-ethyl adjacent to an activating group) is 1. The molecule has 17 heavy (non-hydrogen) atoms. The number of rotatable bonds is 3. The number of aromatic hydroxyl groups is 1. The van der Waals surface area contributed by atoms with E-state index < -0.39 is 0 Å². The van der Waals surface area contributed by atoms with Crippen molar-refractivity contribution in [3.8, 4) is 5.75 Å². The Morgan fingerprint density at radius 1 is 1.18 bits per heavy atom. The number of benzene rings is 1. The van der Waals surface area contributed by atoms with Gasteiger partial charge in [0.2, 0.25) is 0 Å². The first-order valence-electron chi connectivity index (χ1n) is 6.12. The van der Waals surface area contributed by atoms with Gasteiger partial charge in [0.25, 0.3) is 0 Å². The zero-order chi connectivity index (χ0) is 12.3. The maximum Gasteiger partial charge on any atom is 0.115 e. The molecule has 94 valence electrons. The summed E-state index contributed by atoms with van der Waals surface area (Å²) in [5.41, 5.74) is 7.08. The summed E-state index contributed by atoms with van der Waals surface area (Å²) in [4.78, 5) is 4.76. The Morgan fingerprint density at radius 3 is 2.29 bits per heavy atom. The molecule has 1 aliphatic heterocycles. The Morgan fingerprint density at radius 2 is 1.76 bits per heavy atom. The van der Waals surface area contributed by atoms with Crippen molar-refractivity contribution >= 4 is 0 Å². The molecule has 0 spiro atoms. The third-order valence-corrected chi connectivity index (χ3v) is 3.48. The van der Waals surface area contributed by atoms with Crippen molar-refractivity contribution in [1.82, 2.24) is 9.80 Å². The molecule has 0 amide bonds. The summed E-state index contributed by atoms with van der Waals surface area (Å²) in [6.45, 7) is 4.91. The second-order valence-corrected chi connectivity index (χ2v) is 4.68. The maximum absolute atomic E-state index is 9.30. The molecule has 4 heteroatoms. The van der Waals surface area contributed by atoms with Gasteiger partial charge in [0.05, 0.1) is 0 Å². The van der Waals surface area contributed by atoms with Crippen LogP contribution in [0.2, 0.25) is 0 Å². The minimum atomic E-state index is 0.268. The molecule has 0 bridgehead atoms. The van der Waals surface area contributed by atoms with Crippen molar-refractivity contribution in [3.63, 3.8) is 0 Å². The lowest BCUT2D eigenvalue weighted by atomic mass is 10.0. The van der Waals surface area contributed by atoms with Gasteiger partial charge in [-0.05, 0) is 24.7 Å². The Hall–Kier alpha value is -1.10. The fraction of sp³-hybridized carbons (Fsp3) is 0.538. The van der Waals surface area contributed by atoms with E-state index in [-0.39, 0.29) is 6.04 Å². The summed E-state index contributed by atoms with van der Waals surface area (Å²) in [5.74, 6) is 0.308. The topological polar surface area (TPSA) is 52.7 Å². The molecule has 1 unspecified atom stereocenters. The summed E-state index contributed by atoms with van der Waals surface area (Å²) >= 11 is 0. The Balaban J connectivity index is 2.08. The van der Waals surface area contributed by atoms with E-state index >= 15 is 0 Å². The van der Waals surface area contributed by atoms with Gasteiger partial charge >= 0.3 is 0 Å². The SMILES string of the molecule is CN1CCN(C(CN)c2ccc(O)cc2)CC1. The monoisotopic (exact) mass is 235 g/mol. The van der Waals surface area contributed by atoms with Gasteiger partial charge in [-0.1, -0.05) is 12.1 Å². The Kier molecular flexibility index (Phi) is 3.99. The normalized spacial score (nSPS) is 20.4. The van der Waals surface area contributed by atoms with Crippen molar-refractivity contribution in [2.45, 2.75) is 6.04 Å². The first-order chi connectivity index (χ1) is 8.20. The van der Waals surface area contributed by atoms with Crippen LogP contribution >= 0.6 is 0 Å². The number of phenolic OH excluding ortho intramolecular Hbond substituents is 1. The molecule has 1 aromatic carbocycles. The van der Waals surface area contributed by atoms with Crippen LogP contribution in [0, 0.1) is 0 Å². The molecule has 0 aliphatic carbocycles. The first kappa shape index (κ1) is 12.4. The molecule has 1 aliphatic rings. The van der Waals surface area contributed by atoms with Gasteiger partial charge < -0.3 is 15.7 Å². The van der Waals surface area contributed by atoms with Crippen LogP contribution in [0.5, 0.6) is 5.75 Å². The van der Waals surface area contributed by atoms with Crippen molar-refractivity contribution in [1.29, 1.82) is 0 Å². The molecule has 4 nitrogen and oxygen atoms in total. The highest BCUT2D eigenvalue weighted by Crippen LogP contribution is 2.22. The van der Waals surface area contributed by atoms with Gasteiger partial charge in [0.15, 0.2) is 0 Å². The predicted molar refractivity (Wildman–Crippen MR) is 69.0 cm³/mol. The van der Waals surface area contributed by atoms with Crippen molar-refractivity contribution in [2.24, 2.45) is 5.73 Å². The van der Waals surface area contributed by atoms with E-state index in [1.165, 1.54) is 5.56 Å². The zero-order valence-corrected chi connectivity index (χ0v) is 10.3. The van der Waals surface area contributed by atoms with Crippen molar-refractivity contribution < 1.29 is 5.11 Å². The van der Waals surface area contributed by atoms with Crippen LogP contribution in [-0.2, 0) is 0 Å². The van der Waals surface area contributed by atoms with Gasteiger partial charge in [-0.2, -0.15) is 0 Å². The van der Waals surface area contributed by atoms with Crippen LogP contribution in [-0.4, -0.2) is 54.7 Å². The second kappa shape index (κ2) is 5.49. The predicted octanol–water partition coefficient (Wildman–Crippen LogP) is 0.639. The molecule has 1 saturated heterocycles. The van der Waals surface area contributed by atoms with Gasteiger partial charge in [-0.25, -0.2) is 0 Å². The molecule has 1 fully saturated rings. The van der Waals surface area contributed by atoms with Crippen molar-refractivity contribution in [2.75, 3.05) is 39.8 Å². The van der Waals surface area contributed by atoms with Crippen LogP contribution in [0.25, 0.3) is 0 Å². The minimum absolute atomic E-state index is 0.268. The zero-order valence-electron chi connectivity index (χ0n) is 10.3. The molecule has 0 saturated carbocycles. The number of nitrogens with zero attached hydrogens (tertiary/aromatic N) is 2. The Bertz CT molecular complexity index is 344. The molecular formula is C13H21N3O. The summed E-state index contributed by atoms with van der Waals surface area (Å²) in [6, 6.07) is 7.66. The van der Waals surface area contributed by atoms with Crippen LogP contribution < -0.4 is 5.73 Å². The van der Waals surface area contributed by atoms with E-state index in [1.807, 2.05) is 12.1 Å². The molecule has 1 atom stereocenters. The van der Waals surface area contributed by atoms with Crippen molar-refractivity contribution in [3.05, 3.63) is 29.8 Å². The second-order valence-electron chi connectivity index (χ2n) is 4.68. The molecule has 0 radical (unpaired) electrons. The number of phenols is 1. The first-order valence-corrected chi connectivity index (χ1v) is 6.12. The van der Waals surface area contributed by atoms with Crippen LogP contribution in [0.1, 0.15) is 11.6 Å². The highest BCUT2D eigenvalue weighted by molar-refractivity contribution is 5.28. The lowest BCUT2D eigenvalue weighted by Gasteiger charge is -2.37.